The molecule has 1 aliphatic heterocycles. The van der Waals surface area contributed by atoms with Gasteiger partial charge in [0, 0.05) is 25.2 Å². The van der Waals surface area contributed by atoms with Crippen molar-refractivity contribution in [3.8, 4) is 0 Å². The lowest BCUT2D eigenvalue weighted by Gasteiger charge is -2.15. The van der Waals surface area contributed by atoms with Crippen molar-refractivity contribution in [1.29, 1.82) is 0 Å². The minimum atomic E-state index is -3.43. The Morgan fingerprint density at radius 3 is 2.46 bits per heavy atom. The maximum Gasteiger partial charge on any atom is 0.248 e. The van der Waals surface area contributed by atoms with E-state index in [0.29, 0.717) is 25.2 Å². The van der Waals surface area contributed by atoms with E-state index in [9.17, 15) is 13.2 Å². The van der Waals surface area contributed by atoms with Gasteiger partial charge >= 0.3 is 0 Å². The van der Waals surface area contributed by atoms with Crippen LogP contribution in [0.3, 0.4) is 0 Å². The molecule has 3 rings (SSSR count). The lowest BCUT2D eigenvalue weighted by atomic mass is 10.3. The normalized spacial score (nSPS) is 15.6. The molecule has 0 unspecified atom stereocenters. The number of hydrogen-bond donors (Lipinski definition) is 1. The fourth-order valence-electron chi connectivity index (χ4n) is 2.85. The topological polar surface area (TPSA) is 79.6 Å². The molecule has 26 heavy (non-hydrogen) atoms. The van der Waals surface area contributed by atoms with Crippen molar-refractivity contribution in [2.24, 2.45) is 0 Å². The molecular weight excluding hydrogens is 352 g/mol. The zero-order valence-electron chi connectivity index (χ0n) is 14.6. The second-order valence-corrected chi connectivity index (χ2v) is 8.18. The van der Waals surface area contributed by atoms with Gasteiger partial charge in [-0.3, -0.25) is 4.79 Å². The minimum Gasteiger partial charge on any atom is -0.466 e. The van der Waals surface area contributed by atoms with E-state index in [1.165, 1.54) is 22.5 Å². The number of hydrogen-bond acceptors (Lipinski definition) is 4. The lowest BCUT2D eigenvalue weighted by Crippen LogP contribution is -2.27. The SMILES string of the molecule is Cc1ccc(CC=CC(=O)Nc2ccc(S(=O)(=O)N3CCCC3)cc2)o1. The molecule has 1 N–H and O–H groups in total. The number of amides is 1. The molecule has 138 valence electrons. The van der Waals surface area contributed by atoms with Gasteiger partial charge in [0.05, 0.1) is 4.90 Å². The number of aryl methyl sites for hydroxylation is 1. The molecule has 0 saturated carbocycles. The fraction of sp³-hybridized carbons (Fsp3) is 0.316. The lowest BCUT2D eigenvalue weighted by molar-refractivity contribution is -0.111. The summed E-state index contributed by atoms with van der Waals surface area (Å²) in [7, 11) is -3.43. The number of carbonyl (C=O) groups is 1. The van der Waals surface area contributed by atoms with Crippen molar-refractivity contribution >= 4 is 21.6 Å². The predicted octanol–water partition coefficient (Wildman–Crippen LogP) is 3.11. The van der Waals surface area contributed by atoms with E-state index in [-0.39, 0.29) is 10.8 Å². The first-order valence-electron chi connectivity index (χ1n) is 8.58. The van der Waals surface area contributed by atoms with Gasteiger partial charge in [-0.1, -0.05) is 6.08 Å². The second kappa shape index (κ2) is 7.88. The highest BCUT2D eigenvalue weighted by molar-refractivity contribution is 7.89. The highest BCUT2D eigenvalue weighted by atomic mass is 32.2. The number of rotatable bonds is 6. The quantitative estimate of drug-likeness (QED) is 0.788. The van der Waals surface area contributed by atoms with Gasteiger partial charge in [0.15, 0.2) is 0 Å². The summed E-state index contributed by atoms with van der Waals surface area (Å²) in [5, 5.41) is 2.72. The Bertz CT molecular complexity index is 892. The molecule has 1 aromatic heterocycles. The van der Waals surface area contributed by atoms with Crippen LogP contribution in [-0.2, 0) is 21.2 Å². The van der Waals surface area contributed by atoms with E-state index >= 15 is 0 Å². The first-order chi connectivity index (χ1) is 12.4. The maximum absolute atomic E-state index is 12.5. The molecule has 0 bridgehead atoms. The average Bonchev–Trinajstić information content (AvgIpc) is 3.27. The van der Waals surface area contributed by atoms with Crippen LogP contribution in [0.15, 0.2) is 57.9 Å². The number of nitrogens with one attached hydrogen (secondary N) is 1. The van der Waals surface area contributed by atoms with Crippen LogP contribution in [0.25, 0.3) is 0 Å². The second-order valence-electron chi connectivity index (χ2n) is 6.24. The van der Waals surface area contributed by atoms with Crippen molar-refractivity contribution in [2.75, 3.05) is 18.4 Å². The van der Waals surface area contributed by atoms with E-state index in [4.69, 9.17) is 4.42 Å². The van der Waals surface area contributed by atoms with Crippen LogP contribution in [0.5, 0.6) is 0 Å². The fourth-order valence-corrected chi connectivity index (χ4v) is 4.37. The third-order valence-corrected chi connectivity index (χ3v) is 6.12. The average molecular weight is 374 g/mol. The highest BCUT2D eigenvalue weighted by Gasteiger charge is 2.26. The van der Waals surface area contributed by atoms with Crippen LogP contribution in [0.2, 0.25) is 0 Å². The van der Waals surface area contributed by atoms with Crippen LogP contribution >= 0.6 is 0 Å². The van der Waals surface area contributed by atoms with Crippen molar-refractivity contribution in [3.63, 3.8) is 0 Å². The minimum absolute atomic E-state index is 0.251. The molecule has 1 aromatic carbocycles. The zero-order chi connectivity index (χ0) is 18.6. The Hall–Kier alpha value is -2.38. The van der Waals surface area contributed by atoms with E-state index in [0.717, 1.165) is 24.4 Å². The Kier molecular flexibility index (Phi) is 5.58. The summed E-state index contributed by atoms with van der Waals surface area (Å²) in [6.45, 7) is 3.01. The summed E-state index contributed by atoms with van der Waals surface area (Å²) >= 11 is 0. The molecule has 1 saturated heterocycles. The molecule has 1 amide bonds. The first kappa shape index (κ1) is 18.4. The van der Waals surface area contributed by atoms with Gasteiger partial charge in [-0.05, 0) is 62.2 Å². The largest absolute Gasteiger partial charge is 0.466 e. The third-order valence-electron chi connectivity index (χ3n) is 4.21. The van der Waals surface area contributed by atoms with Crippen molar-refractivity contribution in [1.82, 2.24) is 4.31 Å². The Morgan fingerprint density at radius 1 is 1.15 bits per heavy atom. The van der Waals surface area contributed by atoms with Crippen molar-refractivity contribution in [2.45, 2.75) is 31.1 Å². The number of anilines is 1. The van der Waals surface area contributed by atoms with Crippen LogP contribution in [0.1, 0.15) is 24.4 Å². The molecule has 0 aliphatic carbocycles. The smallest absolute Gasteiger partial charge is 0.248 e. The molecule has 0 spiro atoms. The molecule has 6 nitrogen and oxygen atoms in total. The summed E-state index contributed by atoms with van der Waals surface area (Å²) in [5.41, 5.74) is 0.550. The number of sulfonamides is 1. The summed E-state index contributed by atoms with van der Waals surface area (Å²) in [4.78, 5) is 12.2. The monoisotopic (exact) mass is 374 g/mol. The van der Waals surface area contributed by atoms with E-state index in [1.54, 1.807) is 18.2 Å². The van der Waals surface area contributed by atoms with Crippen LogP contribution < -0.4 is 5.32 Å². The van der Waals surface area contributed by atoms with Crippen LogP contribution in [0, 0.1) is 6.92 Å². The standard InChI is InChI=1S/C19H22N2O4S/c1-15-7-10-17(25-15)5-4-6-19(22)20-16-8-11-18(12-9-16)26(23,24)21-13-2-3-14-21/h4,6-12H,2-3,5,13-14H2,1H3,(H,20,22). The van der Waals surface area contributed by atoms with Gasteiger partial charge in [-0.15, -0.1) is 0 Å². The summed E-state index contributed by atoms with van der Waals surface area (Å²) < 4.78 is 31.9. The molecule has 1 fully saturated rings. The third kappa shape index (κ3) is 4.42. The number of furan rings is 1. The van der Waals surface area contributed by atoms with E-state index in [2.05, 4.69) is 5.32 Å². The number of benzene rings is 1. The molecule has 0 radical (unpaired) electrons. The maximum atomic E-state index is 12.5. The van der Waals surface area contributed by atoms with Crippen molar-refractivity contribution < 1.29 is 17.6 Å². The Labute approximate surface area is 153 Å². The summed E-state index contributed by atoms with van der Waals surface area (Å²) in [6, 6.07) is 10.0. The highest BCUT2D eigenvalue weighted by Crippen LogP contribution is 2.22. The van der Waals surface area contributed by atoms with E-state index < -0.39 is 10.0 Å². The number of nitrogens with zero attached hydrogens (tertiary/aromatic N) is 1. The molecular formula is C19H22N2O4S. The predicted molar refractivity (Wildman–Crippen MR) is 99.4 cm³/mol. The van der Waals surface area contributed by atoms with Crippen molar-refractivity contribution in [3.05, 3.63) is 60.1 Å². The zero-order valence-corrected chi connectivity index (χ0v) is 15.5. The van der Waals surface area contributed by atoms with E-state index in [1.807, 2.05) is 19.1 Å². The number of allylic oxidation sites excluding steroid dienone is 1. The van der Waals surface area contributed by atoms with Gasteiger partial charge in [0.2, 0.25) is 15.9 Å². The summed E-state index contributed by atoms with van der Waals surface area (Å²) in [6.07, 6.45) is 5.50. The molecule has 2 heterocycles. The molecule has 2 aromatic rings. The van der Waals surface area contributed by atoms with Gasteiger partial charge in [-0.25, -0.2) is 8.42 Å². The van der Waals surface area contributed by atoms with Crippen LogP contribution in [-0.4, -0.2) is 31.7 Å². The number of carbonyl (C=O) groups excluding carboxylic acids is 1. The first-order valence-corrected chi connectivity index (χ1v) is 10.0. The van der Waals surface area contributed by atoms with Gasteiger partial charge in [0.1, 0.15) is 11.5 Å². The molecule has 7 heteroatoms. The Morgan fingerprint density at radius 2 is 1.85 bits per heavy atom. The summed E-state index contributed by atoms with van der Waals surface area (Å²) in [5.74, 6) is 1.35. The molecule has 1 aliphatic rings. The van der Waals surface area contributed by atoms with Gasteiger partial charge in [0.25, 0.3) is 0 Å². The van der Waals surface area contributed by atoms with Gasteiger partial charge in [-0.2, -0.15) is 4.31 Å². The van der Waals surface area contributed by atoms with Crippen LogP contribution in [0.4, 0.5) is 5.69 Å². The molecule has 0 atom stereocenters. The Balaban J connectivity index is 1.57. The van der Waals surface area contributed by atoms with Gasteiger partial charge < -0.3 is 9.73 Å².